The molecule has 1 aliphatic rings. The summed E-state index contributed by atoms with van der Waals surface area (Å²) in [6.07, 6.45) is -0.971. The molecule has 1 saturated carbocycles. The molecular formula is C17H18F3N3O. The van der Waals surface area contributed by atoms with Crippen molar-refractivity contribution in [1.29, 1.82) is 0 Å². The standard InChI is InChI=1S/C17H18F3N3O/c1-10(22-16(24)12-6-7-12)15-9-21-23(11(15)2)14-5-3-4-13(8-14)17(18,19)20/h3-5,8-10,12H,6-7H2,1-2H3,(H,22,24)/t10-/m1/s1. The summed E-state index contributed by atoms with van der Waals surface area (Å²) in [5.41, 5.74) is 1.13. The molecule has 0 radical (unpaired) electrons. The van der Waals surface area contributed by atoms with Gasteiger partial charge < -0.3 is 5.32 Å². The summed E-state index contributed by atoms with van der Waals surface area (Å²) in [4.78, 5) is 11.9. The first kappa shape index (κ1) is 16.5. The summed E-state index contributed by atoms with van der Waals surface area (Å²) in [5.74, 6) is 0.125. The van der Waals surface area contributed by atoms with Gasteiger partial charge in [0.15, 0.2) is 0 Å². The van der Waals surface area contributed by atoms with Gasteiger partial charge in [-0.05, 0) is 44.9 Å². The van der Waals surface area contributed by atoms with E-state index in [1.807, 2.05) is 6.92 Å². The van der Waals surface area contributed by atoms with Crippen LogP contribution in [-0.2, 0) is 11.0 Å². The highest BCUT2D eigenvalue weighted by Gasteiger charge is 2.32. The van der Waals surface area contributed by atoms with Gasteiger partial charge in [0.1, 0.15) is 0 Å². The van der Waals surface area contributed by atoms with E-state index in [1.165, 1.54) is 10.7 Å². The van der Waals surface area contributed by atoms with Crippen molar-refractivity contribution in [2.75, 3.05) is 0 Å². The lowest BCUT2D eigenvalue weighted by atomic mass is 10.1. The third kappa shape index (κ3) is 3.29. The number of nitrogens with one attached hydrogen (secondary N) is 1. The van der Waals surface area contributed by atoms with Crippen LogP contribution in [0.3, 0.4) is 0 Å². The SMILES string of the molecule is Cc1c([C@@H](C)NC(=O)C2CC2)cnn1-c1cccc(C(F)(F)F)c1. The van der Waals surface area contributed by atoms with Crippen molar-refractivity contribution < 1.29 is 18.0 Å². The molecule has 0 spiro atoms. The highest BCUT2D eigenvalue weighted by molar-refractivity contribution is 5.81. The molecule has 3 rings (SSSR count). The number of aromatic nitrogens is 2. The first-order chi connectivity index (χ1) is 11.3. The minimum Gasteiger partial charge on any atom is -0.349 e. The lowest BCUT2D eigenvalue weighted by molar-refractivity contribution is -0.137. The van der Waals surface area contributed by atoms with Crippen LogP contribution in [0, 0.1) is 12.8 Å². The number of rotatable bonds is 4. The summed E-state index contributed by atoms with van der Waals surface area (Å²) in [6, 6.07) is 4.79. The molecule has 2 aromatic rings. The van der Waals surface area contributed by atoms with Gasteiger partial charge in [-0.2, -0.15) is 18.3 Å². The normalized spacial score (nSPS) is 16.0. The van der Waals surface area contributed by atoms with Gasteiger partial charge in [-0.25, -0.2) is 4.68 Å². The molecule has 0 aliphatic heterocycles. The van der Waals surface area contributed by atoms with Crippen LogP contribution < -0.4 is 5.32 Å². The zero-order valence-corrected chi connectivity index (χ0v) is 13.4. The van der Waals surface area contributed by atoms with Crippen LogP contribution >= 0.6 is 0 Å². The second kappa shape index (κ2) is 5.96. The summed E-state index contributed by atoms with van der Waals surface area (Å²) in [7, 11) is 0. The molecule has 0 unspecified atom stereocenters. The number of benzene rings is 1. The Labute approximate surface area is 137 Å². The Morgan fingerprint density at radius 2 is 2.08 bits per heavy atom. The summed E-state index contributed by atoms with van der Waals surface area (Å²) >= 11 is 0. The number of carbonyl (C=O) groups excluding carboxylic acids is 1. The number of hydrogen-bond donors (Lipinski definition) is 1. The molecule has 7 heteroatoms. The van der Waals surface area contributed by atoms with Crippen molar-refractivity contribution >= 4 is 5.91 Å². The molecule has 24 heavy (non-hydrogen) atoms. The Morgan fingerprint density at radius 1 is 1.38 bits per heavy atom. The number of amides is 1. The fourth-order valence-corrected chi connectivity index (χ4v) is 2.68. The second-order valence-electron chi connectivity index (χ2n) is 6.15. The zero-order chi connectivity index (χ0) is 17.5. The molecule has 1 fully saturated rings. The van der Waals surface area contributed by atoms with Crippen molar-refractivity contribution in [1.82, 2.24) is 15.1 Å². The Balaban J connectivity index is 1.85. The molecule has 1 N–H and O–H groups in total. The lowest BCUT2D eigenvalue weighted by Gasteiger charge is -2.14. The van der Waals surface area contributed by atoms with E-state index in [4.69, 9.17) is 0 Å². The lowest BCUT2D eigenvalue weighted by Crippen LogP contribution is -2.28. The fraction of sp³-hybridized carbons (Fsp3) is 0.412. The minimum absolute atomic E-state index is 0.0220. The quantitative estimate of drug-likeness (QED) is 0.923. The highest BCUT2D eigenvalue weighted by Crippen LogP contribution is 2.32. The van der Waals surface area contributed by atoms with Gasteiger partial charge in [0, 0.05) is 17.2 Å². The maximum Gasteiger partial charge on any atom is 0.416 e. The number of halogens is 3. The van der Waals surface area contributed by atoms with Gasteiger partial charge in [-0.15, -0.1) is 0 Å². The van der Waals surface area contributed by atoms with E-state index < -0.39 is 11.7 Å². The molecule has 1 aromatic carbocycles. The first-order valence-corrected chi connectivity index (χ1v) is 7.80. The number of hydrogen-bond acceptors (Lipinski definition) is 2. The first-order valence-electron chi connectivity index (χ1n) is 7.80. The highest BCUT2D eigenvalue weighted by atomic mass is 19.4. The summed E-state index contributed by atoms with van der Waals surface area (Å²) < 4.78 is 40.1. The largest absolute Gasteiger partial charge is 0.416 e. The van der Waals surface area contributed by atoms with Gasteiger partial charge in [-0.3, -0.25) is 4.79 Å². The average molecular weight is 337 g/mol. The molecule has 128 valence electrons. The van der Waals surface area contributed by atoms with E-state index in [2.05, 4.69) is 10.4 Å². The van der Waals surface area contributed by atoms with E-state index in [0.29, 0.717) is 11.4 Å². The zero-order valence-electron chi connectivity index (χ0n) is 13.4. The van der Waals surface area contributed by atoms with Crippen LogP contribution in [-0.4, -0.2) is 15.7 Å². The Bertz CT molecular complexity index is 763. The second-order valence-corrected chi connectivity index (χ2v) is 6.15. The monoisotopic (exact) mass is 337 g/mol. The van der Waals surface area contributed by atoms with Crippen molar-refractivity contribution in [3.8, 4) is 5.69 Å². The topological polar surface area (TPSA) is 46.9 Å². The average Bonchev–Trinajstić information content (AvgIpc) is 3.29. The van der Waals surface area contributed by atoms with E-state index in [1.54, 1.807) is 19.2 Å². The molecule has 4 nitrogen and oxygen atoms in total. The van der Waals surface area contributed by atoms with E-state index in [-0.39, 0.29) is 17.9 Å². The van der Waals surface area contributed by atoms with E-state index in [9.17, 15) is 18.0 Å². The van der Waals surface area contributed by atoms with E-state index in [0.717, 1.165) is 30.5 Å². The maximum atomic E-state index is 12.9. The van der Waals surface area contributed by atoms with Gasteiger partial charge >= 0.3 is 6.18 Å². The molecule has 1 atom stereocenters. The third-order valence-corrected chi connectivity index (χ3v) is 4.24. The predicted molar refractivity (Wildman–Crippen MR) is 82.6 cm³/mol. The number of carbonyl (C=O) groups is 1. The molecular weight excluding hydrogens is 319 g/mol. The van der Waals surface area contributed by atoms with Crippen molar-refractivity contribution in [3.05, 3.63) is 47.3 Å². The molecule has 0 bridgehead atoms. The summed E-state index contributed by atoms with van der Waals surface area (Å²) in [6.45, 7) is 3.63. The van der Waals surface area contributed by atoms with Crippen LogP contribution in [0.2, 0.25) is 0 Å². The van der Waals surface area contributed by atoms with Gasteiger partial charge in [0.2, 0.25) is 5.91 Å². The van der Waals surface area contributed by atoms with Crippen molar-refractivity contribution in [3.63, 3.8) is 0 Å². The van der Waals surface area contributed by atoms with Gasteiger partial charge in [-0.1, -0.05) is 6.07 Å². The minimum atomic E-state index is -4.40. The van der Waals surface area contributed by atoms with Crippen LogP contribution in [0.25, 0.3) is 5.69 Å². The van der Waals surface area contributed by atoms with Crippen LogP contribution in [0.15, 0.2) is 30.5 Å². The smallest absolute Gasteiger partial charge is 0.349 e. The van der Waals surface area contributed by atoms with Crippen molar-refractivity contribution in [2.45, 2.75) is 38.9 Å². The fourth-order valence-electron chi connectivity index (χ4n) is 2.68. The molecule has 1 aromatic heterocycles. The number of nitrogens with zero attached hydrogens (tertiary/aromatic N) is 2. The molecule has 1 amide bonds. The molecule has 1 heterocycles. The Kier molecular flexibility index (Phi) is 4.11. The van der Waals surface area contributed by atoms with Crippen LogP contribution in [0.1, 0.15) is 42.6 Å². The predicted octanol–water partition coefficient (Wildman–Crippen LogP) is 3.79. The number of alkyl halides is 3. The molecule has 0 saturated heterocycles. The van der Waals surface area contributed by atoms with Crippen molar-refractivity contribution in [2.24, 2.45) is 5.92 Å². The van der Waals surface area contributed by atoms with Crippen LogP contribution in [0.5, 0.6) is 0 Å². The Hall–Kier alpha value is -2.31. The maximum absolute atomic E-state index is 12.9. The van der Waals surface area contributed by atoms with Crippen LogP contribution in [0.4, 0.5) is 13.2 Å². The molecule has 1 aliphatic carbocycles. The van der Waals surface area contributed by atoms with E-state index >= 15 is 0 Å². The third-order valence-electron chi connectivity index (χ3n) is 4.24. The van der Waals surface area contributed by atoms with Gasteiger partial charge in [0.25, 0.3) is 0 Å². The Morgan fingerprint density at radius 3 is 2.71 bits per heavy atom. The van der Waals surface area contributed by atoms with Gasteiger partial charge in [0.05, 0.1) is 23.5 Å². The summed E-state index contributed by atoms with van der Waals surface area (Å²) in [5, 5.41) is 7.12.